The van der Waals surface area contributed by atoms with Crippen LogP contribution in [0.15, 0.2) is 0 Å². The van der Waals surface area contributed by atoms with Crippen LogP contribution in [0.5, 0.6) is 0 Å². The zero-order valence-electron chi connectivity index (χ0n) is 12.6. The van der Waals surface area contributed by atoms with Crippen molar-refractivity contribution in [2.75, 3.05) is 5.75 Å². The van der Waals surface area contributed by atoms with Crippen molar-refractivity contribution < 1.29 is 19.4 Å². The molecule has 0 aromatic heterocycles. The van der Waals surface area contributed by atoms with Crippen molar-refractivity contribution >= 4 is 18.7 Å². The molecule has 0 spiro atoms. The Labute approximate surface area is 126 Å². The summed E-state index contributed by atoms with van der Waals surface area (Å²) in [6, 6.07) is 0.0480. The van der Waals surface area contributed by atoms with Crippen molar-refractivity contribution in [2.45, 2.75) is 76.9 Å². The predicted molar refractivity (Wildman–Crippen MR) is 81.0 cm³/mol. The lowest BCUT2D eigenvalue weighted by atomic mass is 9.93. The molecular weight excluding hydrogens is 278 g/mol. The van der Waals surface area contributed by atoms with E-state index in [-0.39, 0.29) is 18.2 Å². The summed E-state index contributed by atoms with van der Waals surface area (Å²) in [6.45, 7) is 5.52. The van der Waals surface area contributed by atoms with Crippen LogP contribution in [-0.4, -0.2) is 41.0 Å². The van der Waals surface area contributed by atoms with Crippen molar-refractivity contribution in [1.29, 1.82) is 0 Å². The standard InChI is InChI=1S/C14H27NO4S/c1-14(2,3)19-13(17)15-10-5-4-6-11(9-10)18-12(16)7-8-20/h10-12,16,20H,4-9H2,1-3H3,(H,15,17). The first-order chi connectivity index (χ1) is 9.30. The number of hydrogen-bond acceptors (Lipinski definition) is 5. The van der Waals surface area contributed by atoms with Gasteiger partial charge in [-0.2, -0.15) is 12.6 Å². The number of thiol groups is 1. The molecule has 3 atom stereocenters. The van der Waals surface area contributed by atoms with E-state index >= 15 is 0 Å². The lowest BCUT2D eigenvalue weighted by Gasteiger charge is -2.31. The summed E-state index contributed by atoms with van der Waals surface area (Å²) in [5.41, 5.74) is -0.489. The van der Waals surface area contributed by atoms with Gasteiger partial charge in [0, 0.05) is 12.5 Å². The van der Waals surface area contributed by atoms with Crippen molar-refractivity contribution in [3.8, 4) is 0 Å². The third kappa shape index (κ3) is 7.36. The van der Waals surface area contributed by atoms with Gasteiger partial charge in [0.15, 0.2) is 6.29 Å². The molecular formula is C14H27NO4S. The van der Waals surface area contributed by atoms with Gasteiger partial charge in [0.1, 0.15) is 5.60 Å². The number of ether oxygens (including phenoxy) is 2. The van der Waals surface area contributed by atoms with Gasteiger partial charge < -0.3 is 19.9 Å². The molecule has 1 rings (SSSR count). The minimum absolute atomic E-state index is 0.0152. The zero-order chi connectivity index (χ0) is 15.2. The van der Waals surface area contributed by atoms with Crippen LogP contribution in [-0.2, 0) is 9.47 Å². The van der Waals surface area contributed by atoms with Gasteiger partial charge in [-0.1, -0.05) is 0 Å². The molecule has 0 saturated heterocycles. The SMILES string of the molecule is CC(C)(C)OC(=O)NC1CCCC(OC(O)CCS)C1. The van der Waals surface area contributed by atoms with Gasteiger partial charge in [0.05, 0.1) is 6.10 Å². The highest BCUT2D eigenvalue weighted by Gasteiger charge is 2.27. The Kier molecular flexibility index (Phi) is 7.12. The molecule has 0 aliphatic heterocycles. The number of nitrogens with one attached hydrogen (secondary N) is 1. The molecule has 0 aromatic carbocycles. The Bertz CT molecular complexity index is 306. The van der Waals surface area contributed by atoms with Crippen LogP contribution in [0.3, 0.4) is 0 Å². The maximum atomic E-state index is 11.7. The molecule has 0 bridgehead atoms. The summed E-state index contributed by atoms with van der Waals surface area (Å²) in [7, 11) is 0. The minimum atomic E-state index is -0.766. The predicted octanol–water partition coefficient (Wildman–Crippen LogP) is 2.48. The first kappa shape index (κ1) is 17.6. The molecule has 5 nitrogen and oxygen atoms in total. The summed E-state index contributed by atoms with van der Waals surface area (Å²) in [4.78, 5) is 11.7. The number of hydrogen-bond donors (Lipinski definition) is 3. The summed E-state index contributed by atoms with van der Waals surface area (Å²) in [6.07, 6.45) is 2.86. The Balaban J connectivity index is 2.35. The number of aliphatic hydroxyl groups is 1. The van der Waals surface area contributed by atoms with E-state index in [1.807, 2.05) is 20.8 Å². The number of aliphatic hydroxyl groups excluding tert-OH is 1. The summed E-state index contributed by atoms with van der Waals surface area (Å²) in [5.74, 6) is 0.591. The number of alkyl carbamates (subject to hydrolysis) is 1. The zero-order valence-corrected chi connectivity index (χ0v) is 13.5. The molecule has 2 N–H and O–H groups in total. The fraction of sp³-hybridized carbons (Fsp3) is 0.929. The van der Waals surface area contributed by atoms with E-state index in [1.165, 1.54) is 0 Å². The Morgan fingerprint density at radius 2 is 2.15 bits per heavy atom. The highest BCUT2D eigenvalue weighted by molar-refractivity contribution is 7.80. The van der Waals surface area contributed by atoms with Crippen LogP contribution < -0.4 is 5.32 Å². The average Bonchev–Trinajstić information content (AvgIpc) is 2.26. The first-order valence-electron chi connectivity index (χ1n) is 7.24. The number of carbonyl (C=O) groups is 1. The highest BCUT2D eigenvalue weighted by Crippen LogP contribution is 2.23. The number of amides is 1. The Morgan fingerprint density at radius 1 is 1.45 bits per heavy atom. The van der Waals surface area contributed by atoms with E-state index in [2.05, 4.69) is 17.9 Å². The molecule has 118 valence electrons. The number of carbonyl (C=O) groups excluding carboxylic acids is 1. The van der Waals surface area contributed by atoms with E-state index in [0.717, 1.165) is 19.3 Å². The van der Waals surface area contributed by atoms with E-state index in [1.54, 1.807) is 0 Å². The van der Waals surface area contributed by atoms with E-state index in [9.17, 15) is 9.90 Å². The summed E-state index contributed by atoms with van der Waals surface area (Å²) < 4.78 is 10.8. The maximum absolute atomic E-state index is 11.7. The van der Waals surface area contributed by atoms with E-state index < -0.39 is 11.9 Å². The monoisotopic (exact) mass is 305 g/mol. The average molecular weight is 305 g/mol. The van der Waals surface area contributed by atoms with Crippen LogP contribution in [0, 0.1) is 0 Å². The Morgan fingerprint density at radius 3 is 2.75 bits per heavy atom. The van der Waals surface area contributed by atoms with Crippen molar-refractivity contribution in [3.05, 3.63) is 0 Å². The molecule has 1 amide bonds. The first-order valence-corrected chi connectivity index (χ1v) is 7.87. The topological polar surface area (TPSA) is 67.8 Å². The van der Waals surface area contributed by atoms with Crippen LogP contribution in [0.1, 0.15) is 52.9 Å². The van der Waals surface area contributed by atoms with Crippen LogP contribution >= 0.6 is 12.6 Å². The fourth-order valence-corrected chi connectivity index (χ4v) is 2.50. The van der Waals surface area contributed by atoms with Gasteiger partial charge in [0.2, 0.25) is 0 Å². The molecule has 0 aromatic rings. The quantitative estimate of drug-likeness (QED) is 0.539. The van der Waals surface area contributed by atoms with Crippen LogP contribution in [0.25, 0.3) is 0 Å². The lowest BCUT2D eigenvalue weighted by molar-refractivity contribution is -0.145. The Hall–Kier alpha value is -0.460. The van der Waals surface area contributed by atoms with Crippen molar-refractivity contribution in [2.24, 2.45) is 0 Å². The molecule has 1 saturated carbocycles. The van der Waals surface area contributed by atoms with Gasteiger partial charge in [-0.3, -0.25) is 0 Å². The lowest BCUT2D eigenvalue weighted by Crippen LogP contribution is -2.43. The normalized spacial score (nSPS) is 25.1. The molecule has 1 fully saturated rings. The van der Waals surface area contributed by atoms with Gasteiger partial charge in [-0.05, 0) is 52.2 Å². The van der Waals surface area contributed by atoms with Crippen molar-refractivity contribution in [3.63, 3.8) is 0 Å². The smallest absolute Gasteiger partial charge is 0.407 e. The molecule has 1 aliphatic rings. The van der Waals surface area contributed by atoms with Crippen LogP contribution in [0.4, 0.5) is 4.79 Å². The van der Waals surface area contributed by atoms with Gasteiger partial charge in [-0.25, -0.2) is 4.79 Å². The third-order valence-corrected chi connectivity index (χ3v) is 3.33. The second-order valence-corrected chi connectivity index (χ2v) is 6.68. The second kappa shape index (κ2) is 8.10. The molecule has 6 heteroatoms. The maximum Gasteiger partial charge on any atom is 0.407 e. The summed E-state index contributed by atoms with van der Waals surface area (Å²) in [5, 5.41) is 12.5. The summed E-state index contributed by atoms with van der Waals surface area (Å²) >= 11 is 4.07. The second-order valence-electron chi connectivity index (χ2n) is 6.23. The number of rotatable bonds is 5. The van der Waals surface area contributed by atoms with Crippen LogP contribution in [0.2, 0.25) is 0 Å². The molecule has 0 heterocycles. The fourth-order valence-electron chi connectivity index (χ4n) is 2.27. The minimum Gasteiger partial charge on any atom is -0.444 e. The largest absolute Gasteiger partial charge is 0.444 e. The molecule has 1 aliphatic carbocycles. The molecule has 20 heavy (non-hydrogen) atoms. The van der Waals surface area contributed by atoms with Gasteiger partial charge in [-0.15, -0.1) is 0 Å². The van der Waals surface area contributed by atoms with E-state index in [4.69, 9.17) is 9.47 Å². The highest BCUT2D eigenvalue weighted by atomic mass is 32.1. The van der Waals surface area contributed by atoms with Gasteiger partial charge in [0.25, 0.3) is 0 Å². The molecule has 0 radical (unpaired) electrons. The van der Waals surface area contributed by atoms with Crippen molar-refractivity contribution in [1.82, 2.24) is 5.32 Å². The van der Waals surface area contributed by atoms with E-state index in [0.29, 0.717) is 18.6 Å². The molecule has 3 unspecified atom stereocenters. The van der Waals surface area contributed by atoms with Gasteiger partial charge >= 0.3 is 6.09 Å². The third-order valence-electron chi connectivity index (χ3n) is 3.07.